The summed E-state index contributed by atoms with van der Waals surface area (Å²) < 4.78 is 0. The number of hydrogen-bond acceptors (Lipinski definition) is 6. The van der Waals surface area contributed by atoms with Crippen molar-refractivity contribution in [3.8, 4) is 11.5 Å². The number of carboxylic acids is 1. The summed E-state index contributed by atoms with van der Waals surface area (Å²) in [6.07, 6.45) is 0. The topological polar surface area (TPSA) is 133 Å². The first kappa shape index (κ1) is 15.0. The number of hydrogen-bond donors (Lipinski definition) is 4. The predicted molar refractivity (Wildman–Crippen MR) is 78.2 cm³/mol. The number of carboxylic acid groups (broad SMARTS) is 1. The zero-order chi connectivity index (χ0) is 16.3. The predicted octanol–water partition coefficient (Wildman–Crippen LogP) is 1.34. The summed E-state index contributed by atoms with van der Waals surface area (Å²) in [5.41, 5.74) is 0.0114. The molecule has 0 spiro atoms. The normalized spacial score (nSPS) is 11.2. The molecule has 0 radical (unpaired) electrons. The summed E-state index contributed by atoms with van der Waals surface area (Å²) in [7, 11) is 0. The third-order valence-electron chi connectivity index (χ3n) is 3.01. The van der Waals surface area contributed by atoms with Gasteiger partial charge in [-0.15, -0.1) is 0 Å². The Labute approximate surface area is 124 Å². The minimum absolute atomic E-state index is 0.0489. The van der Waals surface area contributed by atoms with Crippen molar-refractivity contribution in [2.45, 2.75) is 0 Å². The van der Waals surface area contributed by atoms with E-state index in [1.165, 1.54) is 42.5 Å². The van der Waals surface area contributed by atoms with Crippen molar-refractivity contribution in [1.82, 2.24) is 0 Å². The number of benzene rings is 2. The lowest BCUT2D eigenvalue weighted by Gasteiger charge is -2.08. The fourth-order valence-electron chi connectivity index (χ4n) is 1.88. The molecule has 0 amide bonds. The van der Waals surface area contributed by atoms with Crippen molar-refractivity contribution in [2.24, 2.45) is 10.9 Å². The van der Waals surface area contributed by atoms with Gasteiger partial charge in [-0.25, -0.2) is 4.79 Å². The molecule has 0 saturated heterocycles. The molecule has 2 aromatic carbocycles. The number of aromatic hydroxyl groups is 2. The van der Waals surface area contributed by atoms with Crippen LogP contribution in [0.2, 0.25) is 0 Å². The molecule has 0 aliphatic rings. The van der Waals surface area contributed by atoms with E-state index in [2.05, 4.69) is 5.10 Å². The molecular formula is C15H12N2O5. The molecule has 2 aromatic rings. The molecule has 0 aliphatic heterocycles. The highest BCUT2D eigenvalue weighted by Crippen LogP contribution is 2.29. The molecule has 0 aliphatic carbocycles. The highest BCUT2D eigenvalue weighted by atomic mass is 16.4. The van der Waals surface area contributed by atoms with Crippen LogP contribution in [-0.2, 0) is 0 Å². The summed E-state index contributed by atoms with van der Waals surface area (Å²) >= 11 is 0. The average molecular weight is 300 g/mol. The number of nitrogens with zero attached hydrogens (tertiary/aromatic N) is 1. The largest absolute Gasteiger partial charge is 0.504 e. The number of para-hydroxylation sites is 1. The Morgan fingerprint density at radius 2 is 1.55 bits per heavy atom. The number of aromatic carboxylic acids is 1. The van der Waals surface area contributed by atoms with E-state index in [1.807, 2.05) is 0 Å². The molecular weight excluding hydrogens is 288 g/mol. The van der Waals surface area contributed by atoms with Gasteiger partial charge in [-0.3, -0.25) is 4.79 Å². The zero-order valence-corrected chi connectivity index (χ0v) is 11.2. The smallest absolute Gasteiger partial charge is 0.335 e. The van der Waals surface area contributed by atoms with Crippen molar-refractivity contribution in [3.05, 3.63) is 59.2 Å². The Balaban J connectivity index is 2.42. The number of carbonyl (C=O) groups is 2. The van der Waals surface area contributed by atoms with Crippen molar-refractivity contribution >= 4 is 17.5 Å². The van der Waals surface area contributed by atoms with Crippen LogP contribution in [0.4, 0.5) is 0 Å². The lowest BCUT2D eigenvalue weighted by atomic mass is 9.99. The van der Waals surface area contributed by atoms with Gasteiger partial charge in [0.25, 0.3) is 0 Å². The van der Waals surface area contributed by atoms with E-state index >= 15 is 0 Å². The first-order valence-corrected chi connectivity index (χ1v) is 6.13. The second-order valence-corrected chi connectivity index (χ2v) is 4.36. The molecule has 0 aromatic heterocycles. The Bertz CT molecular complexity index is 766. The van der Waals surface area contributed by atoms with Crippen LogP contribution < -0.4 is 5.84 Å². The van der Waals surface area contributed by atoms with Crippen LogP contribution in [0.3, 0.4) is 0 Å². The first-order chi connectivity index (χ1) is 10.5. The maximum Gasteiger partial charge on any atom is 0.335 e. The highest BCUT2D eigenvalue weighted by Gasteiger charge is 2.21. The minimum atomic E-state index is -1.10. The molecule has 2 rings (SSSR count). The maximum absolute atomic E-state index is 12.4. The Morgan fingerprint density at radius 3 is 2.09 bits per heavy atom. The number of carbonyl (C=O) groups excluding carboxylic acids is 1. The van der Waals surface area contributed by atoms with Crippen LogP contribution >= 0.6 is 0 Å². The molecule has 0 bridgehead atoms. The lowest BCUT2D eigenvalue weighted by Crippen LogP contribution is -2.18. The molecule has 112 valence electrons. The van der Waals surface area contributed by atoms with Gasteiger partial charge in [-0.1, -0.05) is 18.2 Å². The van der Waals surface area contributed by atoms with Gasteiger partial charge in [0.2, 0.25) is 5.78 Å². The number of ketones is 1. The second kappa shape index (κ2) is 5.96. The van der Waals surface area contributed by atoms with E-state index in [9.17, 15) is 19.8 Å². The summed E-state index contributed by atoms with van der Waals surface area (Å²) in [5.74, 6) is 2.42. The standard InChI is InChI=1S/C15H12N2O5/c16-17-12(8-4-6-9(7-5-8)15(21)22)14(20)10-2-1-3-11(18)13(10)19/h1-7,18-19H,16H2,(H,21,22)/b17-12+. The number of nitrogens with two attached hydrogens (primary N) is 1. The summed E-state index contributed by atoms with van der Waals surface area (Å²) in [4.78, 5) is 23.2. The van der Waals surface area contributed by atoms with Crippen LogP contribution in [0.1, 0.15) is 26.3 Å². The fourth-order valence-corrected chi connectivity index (χ4v) is 1.88. The quantitative estimate of drug-likeness (QED) is 0.221. The molecule has 0 fully saturated rings. The van der Waals surface area contributed by atoms with Gasteiger partial charge < -0.3 is 21.2 Å². The molecule has 0 unspecified atom stereocenters. The van der Waals surface area contributed by atoms with Gasteiger partial charge in [0, 0.05) is 5.56 Å². The Morgan fingerprint density at radius 1 is 0.955 bits per heavy atom. The zero-order valence-electron chi connectivity index (χ0n) is 11.2. The molecule has 7 nitrogen and oxygen atoms in total. The SMILES string of the molecule is N/N=C(/C(=O)c1cccc(O)c1O)c1ccc(C(=O)O)cc1. The van der Waals surface area contributed by atoms with Gasteiger partial charge >= 0.3 is 5.97 Å². The van der Waals surface area contributed by atoms with Gasteiger partial charge in [-0.2, -0.15) is 5.10 Å². The van der Waals surface area contributed by atoms with Crippen molar-refractivity contribution in [3.63, 3.8) is 0 Å². The Kier molecular flexibility index (Phi) is 4.08. The van der Waals surface area contributed by atoms with Crippen LogP contribution in [0, 0.1) is 0 Å². The lowest BCUT2D eigenvalue weighted by molar-refractivity contribution is 0.0696. The minimum Gasteiger partial charge on any atom is -0.504 e. The van der Waals surface area contributed by atoms with Crippen molar-refractivity contribution in [1.29, 1.82) is 0 Å². The van der Waals surface area contributed by atoms with Gasteiger partial charge in [0.15, 0.2) is 11.5 Å². The van der Waals surface area contributed by atoms with E-state index < -0.39 is 23.3 Å². The average Bonchev–Trinajstić information content (AvgIpc) is 2.51. The summed E-state index contributed by atoms with van der Waals surface area (Å²) in [5, 5.41) is 31.4. The molecule has 5 N–H and O–H groups in total. The summed E-state index contributed by atoms with van der Waals surface area (Å²) in [6.45, 7) is 0. The van der Waals surface area contributed by atoms with Crippen LogP contribution in [0.25, 0.3) is 0 Å². The van der Waals surface area contributed by atoms with Crippen LogP contribution in [0.15, 0.2) is 47.6 Å². The molecule has 22 heavy (non-hydrogen) atoms. The van der Waals surface area contributed by atoms with Crippen molar-refractivity contribution in [2.75, 3.05) is 0 Å². The molecule has 7 heteroatoms. The first-order valence-electron chi connectivity index (χ1n) is 6.13. The van der Waals surface area contributed by atoms with Gasteiger partial charge in [-0.05, 0) is 24.3 Å². The van der Waals surface area contributed by atoms with E-state index in [4.69, 9.17) is 10.9 Å². The maximum atomic E-state index is 12.4. The molecule has 0 saturated carbocycles. The van der Waals surface area contributed by atoms with Crippen molar-refractivity contribution < 1.29 is 24.9 Å². The van der Waals surface area contributed by atoms with Crippen LogP contribution in [-0.4, -0.2) is 32.8 Å². The molecule has 0 atom stereocenters. The van der Waals surface area contributed by atoms with E-state index in [0.717, 1.165) is 0 Å². The fraction of sp³-hybridized carbons (Fsp3) is 0. The van der Waals surface area contributed by atoms with Gasteiger partial charge in [0.05, 0.1) is 11.1 Å². The number of rotatable bonds is 4. The highest BCUT2D eigenvalue weighted by molar-refractivity contribution is 6.51. The number of phenolic OH excluding ortho intramolecular Hbond substituents is 2. The molecule has 0 heterocycles. The van der Waals surface area contributed by atoms with E-state index in [1.54, 1.807) is 0 Å². The number of hydrazone groups is 1. The van der Waals surface area contributed by atoms with E-state index in [-0.39, 0.29) is 16.8 Å². The van der Waals surface area contributed by atoms with Gasteiger partial charge in [0.1, 0.15) is 5.71 Å². The third kappa shape index (κ3) is 2.73. The van der Waals surface area contributed by atoms with E-state index in [0.29, 0.717) is 5.56 Å². The number of phenols is 2. The second-order valence-electron chi connectivity index (χ2n) is 4.36. The summed E-state index contributed by atoms with van der Waals surface area (Å²) in [6, 6.07) is 9.31. The monoisotopic (exact) mass is 300 g/mol. The number of Topliss-reactive ketones (excluding diaryl/α,β-unsaturated/α-hetero) is 1. The Hall–Kier alpha value is -3.35. The third-order valence-corrected chi connectivity index (χ3v) is 3.01. The van der Waals surface area contributed by atoms with Crippen LogP contribution in [0.5, 0.6) is 11.5 Å².